The van der Waals surface area contributed by atoms with Crippen LogP contribution in [0.1, 0.15) is 24.2 Å². The third-order valence-corrected chi connectivity index (χ3v) is 6.79. The van der Waals surface area contributed by atoms with Crippen LogP contribution in [0.4, 0.5) is 11.5 Å². The van der Waals surface area contributed by atoms with Crippen LogP contribution in [0.5, 0.6) is 0 Å². The molecule has 1 aromatic heterocycles. The number of nitrogens with zero attached hydrogens (tertiary/aromatic N) is 2. The van der Waals surface area contributed by atoms with Crippen molar-refractivity contribution in [3.8, 4) is 0 Å². The van der Waals surface area contributed by atoms with Gasteiger partial charge in [0.25, 0.3) is 11.8 Å². The lowest BCUT2D eigenvalue weighted by molar-refractivity contribution is -0.129. The van der Waals surface area contributed by atoms with Crippen molar-refractivity contribution >= 4 is 33.2 Å². The average molecular weight is 393 g/mol. The monoisotopic (exact) mass is 393 g/mol. The summed E-state index contributed by atoms with van der Waals surface area (Å²) in [6, 6.07) is 5.00. The minimum Gasteiger partial charge on any atom is -0.366 e. The fourth-order valence-electron chi connectivity index (χ4n) is 3.30. The first kappa shape index (κ1) is 18.9. The summed E-state index contributed by atoms with van der Waals surface area (Å²) in [5, 5.41) is 16.5. The maximum Gasteiger partial charge on any atom is 0.264 e. The number of carbonyl (C=O) groups is 2. The lowest BCUT2D eigenvalue weighted by Gasteiger charge is -2.40. The molecule has 2 heterocycles. The van der Waals surface area contributed by atoms with Crippen LogP contribution in [0.25, 0.3) is 0 Å². The predicted molar refractivity (Wildman–Crippen MR) is 96.4 cm³/mol. The van der Waals surface area contributed by atoms with E-state index in [4.69, 9.17) is 5.21 Å². The summed E-state index contributed by atoms with van der Waals surface area (Å²) in [5.41, 5.74) is 2.02. The van der Waals surface area contributed by atoms with E-state index in [-0.39, 0.29) is 10.5 Å². The second-order valence-electron chi connectivity index (χ2n) is 6.06. The molecule has 0 saturated heterocycles. The summed E-state index contributed by atoms with van der Waals surface area (Å²) in [4.78, 5) is 26.0. The maximum atomic E-state index is 12.9. The fourth-order valence-corrected chi connectivity index (χ4v) is 5.30. The molecular formula is C16H19N5O5S. The van der Waals surface area contributed by atoms with Gasteiger partial charge in [-0.25, -0.2) is 13.9 Å². The molecule has 1 aliphatic heterocycles. The van der Waals surface area contributed by atoms with Crippen LogP contribution in [0, 0.1) is 0 Å². The Labute approximate surface area is 155 Å². The molecule has 144 valence electrons. The third kappa shape index (κ3) is 3.15. The number of hydrogen-bond acceptors (Lipinski definition) is 7. The zero-order valence-corrected chi connectivity index (χ0v) is 15.4. The summed E-state index contributed by atoms with van der Waals surface area (Å²) < 4.78 is 25.8. The Balaban J connectivity index is 2.05. The van der Waals surface area contributed by atoms with Gasteiger partial charge in [0.2, 0.25) is 0 Å². The van der Waals surface area contributed by atoms with Crippen LogP contribution in [0.3, 0.4) is 0 Å². The number of carbonyl (C=O) groups excluding carboxylic acids is 2. The average Bonchev–Trinajstić information content (AvgIpc) is 3.14. The number of hydrogen-bond donors (Lipinski definition) is 4. The molecule has 2 atom stereocenters. The number of aromatic nitrogens is 2. The highest BCUT2D eigenvalue weighted by Gasteiger charge is 2.46. The van der Waals surface area contributed by atoms with E-state index in [0.29, 0.717) is 18.1 Å². The number of aromatic amines is 1. The zero-order chi connectivity index (χ0) is 19.8. The zero-order valence-electron chi connectivity index (χ0n) is 14.6. The topological polar surface area (TPSA) is 144 Å². The SMILES string of the molecule is CCN1c2cc(C(=O)Nc3cc[nH]n3)ccc2S(=O)(=O)C(C(=O)NO)C1C. The molecule has 3 rings (SSSR count). The van der Waals surface area contributed by atoms with Crippen molar-refractivity contribution in [1.29, 1.82) is 0 Å². The van der Waals surface area contributed by atoms with E-state index in [1.54, 1.807) is 24.1 Å². The van der Waals surface area contributed by atoms with Crippen LogP contribution >= 0.6 is 0 Å². The lowest BCUT2D eigenvalue weighted by atomic mass is 10.1. The molecular weight excluding hydrogens is 374 g/mol. The van der Waals surface area contributed by atoms with Gasteiger partial charge in [-0.15, -0.1) is 0 Å². The number of fused-ring (bicyclic) bond motifs is 1. The third-order valence-electron chi connectivity index (χ3n) is 4.55. The summed E-state index contributed by atoms with van der Waals surface area (Å²) in [6.07, 6.45) is 1.56. The summed E-state index contributed by atoms with van der Waals surface area (Å²) in [7, 11) is -4.04. The van der Waals surface area contributed by atoms with Crippen LogP contribution in [0.2, 0.25) is 0 Å². The summed E-state index contributed by atoms with van der Waals surface area (Å²) in [6.45, 7) is 3.80. The molecule has 27 heavy (non-hydrogen) atoms. The van der Waals surface area contributed by atoms with Gasteiger partial charge in [0.15, 0.2) is 20.9 Å². The van der Waals surface area contributed by atoms with Gasteiger partial charge in [-0.1, -0.05) is 0 Å². The number of benzene rings is 1. The van der Waals surface area contributed by atoms with E-state index in [1.165, 1.54) is 23.7 Å². The summed E-state index contributed by atoms with van der Waals surface area (Å²) >= 11 is 0. The van der Waals surface area contributed by atoms with Crippen molar-refractivity contribution in [2.45, 2.75) is 30.0 Å². The molecule has 10 nitrogen and oxygen atoms in total. The van der Waals surface area contributed by atoms with Gasteiger partial charge < -0.3 is 10.2 Å². The van der Waals surface area contributed by atoms with Crippen molar-refractivity contribution in [3.05, 3.63) is 36.0 Å². The highest BCUT2D eigenvalue weighted by molar-refractivity contribution is 7.93. The van der Waals surface area contributed by atoms with Crippen molar-refractivity contribution in [3.63, 3.8) is 0 Å². The number of rotatable bonds is 4. The number of hydroxylamine groups is 1. The molecule has 11 heteroatoms. The van der Waals surface area contributed by atoms with Crippen molar-refractivity contribution in [1.82, 2.24) is 15.7 Å². The molecule has 1 aliphatic rings. The highest BCUT2D eigenvalue weighted by Crippen LogP contribution is 2.38. The van der Waals surface area contributed by atoms with Crippen LogP contribution in [-0.2, 0) is 14.6 Å². The van der Waals surface area contributed by atoms with Crippen LogP contribution in [0.15, 0.2) is 35.4 Å². The lowest BCUT2D eigenvalue weighted by Crippen LogP contribution is -2.55. The second-order valence-corrected chi connectivity index (χ2v) is 8.10. The van der Waals surface area contributed by atoms with Crippen molar-refractivity contribution in [2.24, 2.45) is 0 Å². The largest absolute Gasteiger partial charge is 0.366 e. The van der Waals surface area contributed by atoms with Crippen LogP contribution in [-0.4, -0.2) is 53.5 Å². The Bertz CT molecular complexity index is 973. The number of nitrogens with one attached hydrogen (secondary N) is 3. The first-order valence-corrected chi connectivity index (χ1v) is 9.75. The molecule has 0 bridgehead atoms. The van der Waals surface area contributed by atoms with Gasteiger partial charge in [0.1, 0.15) is 0 Å². The molecule has 0 fully saturated rings. The highest BCUT2D eigenvalue weighted by atomic mass is 32.2. The quantitative estimate of drug-likeness (QED) is 0.438. The Morgan fingerprint density at radius 2 is 2.07 bits per heavy atom. The first-order chi connectivity index (χ1) is 12.8. The van der Waals surface area contributed by atoms with Gasteiger partial charge in [0.05, 0.1) is 16.6 Å². The van der Waals surface area contributed by atoms with Gasteiger partial charge in [-0.05, 0) is 32.0 Å². The Morgan fingerprint density at radius 1 is 1.33 bits per heavy atom. The van der Waals surface area contributed by atoms with E-state index in [0.717, 1.165) is 0 Å². The molecule has 0 spiro atoms. The molecule has 0 radical (unpaired) electrons. The van der Waals surface area contributed by atoms with Crippen LogP contribution < -0.4 is 15.7 Å². The number of H-pyrrole nitrogens is 1. The molecule has 1 aromatic carbocycles. The predicted octanol–water partition coefficient (Wildman–Crippen LogP) is 0.538. The molecule has 4 N–H and O–H groups in total. The second kappa shape index (κ2) is 7.00. The number of amides is 2. The standard InChI is InChI=1S/C16H19N5O5S/c1-3-21-9(2)14(16(23)20-24)27(25,26)12-5-4-10(8-11(12)21)15(22)18-13-6-7-17-19-13/h4-9,14,24H,3H2,1-2H3,(H,20,23)(H2,17,18,19,22). The van der Waals surface area contributed by atoms with Gasteiger partial charge in [0, 0.05) is 24.4 Å². The van der Waals surface area contributed by atoms with Gasteiger partial charge in [-0.3, -0.25) is 19.9 Å². The van der Waals surface area contributed by atoms with Crippen molar-refractivity contribution < 1.29 is 23.2 Å². The number of sulfone groups is 1. The molecule has 2 unspecified atom stereocenters. The number of anilines is 2. The molecule has 0 aliphatic carbocycles. The van der Waals surface area contributed by atoms with E-state index < -0.39 is 32.9 Å². The van der Waals surface area contributed by atoms with Gasteiger partial charge >= 0.3 is 0 Å². The minimum absolute atomic E-state index is 0.0626. The van der Waals surface area contributed by atoms with Gasteiger partial charge in [-0.2, -0.15) is 5.10 Å². The smallest absolute Gasteiger partial charge is 0.264 e. The van der Waals surface area contributed by atoms with E-state index >= 15 is 0 Å². The fraction of sp³-hybridized carbons (Fsp3) is 0.312. The van der Waals surface area contributed by atoms with E-state index in [1.807, 2.05) is 6.92 Å². The Hall–Kier alpha value is -2.92. The summed E-state index contributed by atoms with van der Waals surface area (Å²) in [5.74, 6) is -1.10. The Morgan fingerprint density at radius 3 is 2.67 bits per heavy atom. The normalized spacial score (nSPS) is 20.6. The molecule has 2 amide bonds. The minimum atomic E-state index is -4.04. The molecule has 2 aromatic rings. The molecule has 0 saturated carbocycles. The maximum absolute atomic E-state index is 12.9. The first-order valence-electron chi connectivity index (χ1n) is 8.21. The Kier molecular flexibility index (Phi) is 4.89. The van der Waals surface area contributed by atoms with Crippen molar-refractivity contribution in [2.75, 3.05) is 16.8 Å². The van der Waals surface area contributed by atoms with E-state index in [9.17, 15) is 18.0 Å². The van der Waals surface area contributed by atoms with E-state index in [2.05, 4.69) is 15.5 Å².